The number of nitrogens with zero attached hydrogens (tertiary/aromatic N) is 2. The van der Waals surface area contributed by atoms with Crippen LogP contribution >= 0.6 is 31.9 Å². The summed E-state index contributed by atoms with van der Waals surface area (Å²) >= 11 is 6.81. The summed E-state index contributed by atoms with van der Waals surface area (Å²) in [5.74, 6) is 0.866. The lowest BCUT2D eigenvalue weighted by atomic mass is 10.1. The summed E-state index contributed by atoms with van der Waals surface area (Å²) in [6.45, 7) is 0.143. The van der Waals surface area contributed by atoms with Crippen LogP contribution in [0.15, 0.2) is 80.8 Å². The minimum Gasteiger partial charge on any atom is -0.488 e. The quantitative estimate of drug-likeness (QED) is 0.313. The van der Waals surface area contributed by atoms with E-state index in [4.69, 9.17) is 14.7 Å². The van der Waals surface area contributed by atoms with Crippen LogP contribution in [0.3, 0.4) is 0 Å². The van der Waals surface area contributed by atoms with Crippen molar-refractivity contribution in [3.63, 3.8) is 0 Å². The van der Waals surface area contributed by atoms with Crippen molar-refractivity contribution < 1.29 is 14.3 Å². The Morgan fingerprint density at radius 3 is 2.58 bits per heavy atom. The van der Waals surface area contributed by atoms with E-state index in [1.165, 1.54) is 6.21 Å². The van der Waals surface area contributed by atoms with Crippen molar-refractivity contribution in [2.24, 2.45) is 5.10 Å². The van der Waals surface area contributed by atoms with Gasteiger partial charge in [0, 0.05) is 10.0 Å². The van der Waals surface area contributed by atoms with Gasteiger partial charge in [0.1, 0.15) is 18.1 Å². The number of amides is 1. The Morgan fingerprint density at radius 1 is 1.06 bits per heavy atom. The molecule has 0 heterocycles. The molecule has 0 radical (unpaired) electrons. The summed E-state index contributed by atoms with van der Waals surface area (Å²) in [6, 6.07) is 22.1. The van der Waals surface area contributed by atoms with Crippen molar-refractivity contribution in [2.75, 3.05) is 6.61 Å². The maximum Gasteiger partial charge on any atom is 0.277 e. The van der Waals surface area contributed by atoms with E-state index in [9.17, 15) is 4.79 Å². The number of nitrogens with one attached hydrogen (secondary N) is 1. The molecule has 3 rings (SSSR count). The highest BCUT2D eigenvalue weighted by molar-refractivity contribution is 9.10. The molecule has 0 saturated heterocycles. The van der Waals surface area contributed by atoms with Crippen molar-refractivity contribution in [3.05, 3.63) is 92.4 Å². The summed E-state index contributed by atoms with van der Waals surface area (Å²) in [5.41, 5.74) is 4.60. The molecule has 156 valence electrons. The zero-order chi connectivity index (χ0) is 22.1. The van der Waals surface area contributed by atoms with E-state index in [0.717, 1.165) is 20.1 Å². The Hall–Kier alpha value is -3.15. The van der Waals surface area contributed by atoms with Crippen LogP contribution in [0.2, 0.25) is 0 Å². The van der Waals surface area contributed by atoms with Gasteiger partial charge in [0.2, 0.25) is 0 Å². The topological polar surface area (TPSA) is 83.7 Å². The van der Waals surface area contributed by atoms with Crippen LogP contribution in [0.5, 0.6) is 11.5 Å². The number of carbonyl (C=O) groups excluding carboxylic acids is 1. The molecule has 0 fully saturated rings. The van der Waals surface area contributed by atoms with Gasteiger partial charge in [-0.2, -0.15) is 10.4 Å². The van der Waals surface area contributed by atoms with Crippen molar-refractivity contribution >= 4 is 44.0 Å². The highest BCUT2D eigenvalue weighted by Crippen LogP contribution is 2.26. The van der Waals surface area contributed by atoms with Crippen molar-refractivity contribution in [2.45, 2.75) is 6.61 Å². The standard InChI is InChI=1S/C23H17Br2N3O3/c24-19-6-8-20(9-7-19)30-15-23(29)28-27-13-16-5-10-22(21(25)11-16)31-14-18-4-2-1-3-17(18)12-26/h1-11,13H,14-15H2,(H,28,29). The van der Waals surface area contributed by atoms with Gasteiger partial charge in [0.15, 0.2) is 6.61 Å². The fourth-order valence-corrected chi connectivity index (χ4v) is 3.29. The predicted octanol–water partition coefficient (Wildman–Crippen LogP) is 5.19. The molecule has 0 aliphatic rings. The molecule has 0 bridgehead atoms. The summed E-state index contributed by atoms with van der Waals surface area (Å²) in [7, 11) is 0. The summed E-state index contributed by atoms with van der Waals surface area (Å²) < 4.78 is 12.9. The van der Waals surface area contributed by atoms with Gasteiger partial charge in [-0.15, -0.1) is 0 Å². The molecule has 0 saturated carbocycles. The first-order valence-corrected chi connectivity index (χ1v) is 10.7. The molecule has 0 aromatic heterocycles. The first-order valence-electron chi connectivity index (χ1n) is 9.16. The normalized spacial score (nSPS) is 10.5. The average molecular weight is 543 g/mol. The number of carbonyl (C=O) groups is 1. The van der Waals surface area contributed by atoms with Gasteiger partial charge in [-0.3, -0.25) is 4.79 Å². The zero-order valence-corrected chi connectivity index (χ0v) is 19.4. The largest absolute Gasteiger partial charge is 0.488 e. The van der Waals surface area contributed by atoms with E-state index in [1.807, 2.05) is 42.5 Å². The number of hydrazone groups is 1. The van der Waals surface area contributed by atoms with Crippen LogP contribution in [0.1, 0.15) is 16.7 Å². The molecule has 3 aromatic rings. The Morgan fingerprint density at radius 2 is 1.84 bits per heavy atom. The number of hydrogen-bond donors (Lipinski definition) is 1. The Balaban J connectivity index is 1.50. The maximum absolute atomic E-state index is 11.9. The van der Waals surface area contributed by atoms with Gasteiger partial charge in [-0.25, -0.2) is 5.43 Å². The SMILES string of the molecule is N#Cc1ccccc1COc1ccc(C=NNC(=O)COc2ccc(Br)cc2)cc1Br. The number of hydrogen-bond acceptors (Lipinski definition) is 5. The first kappa shape index (κ1) is 22.5. The lowest BCUT2D eigenvalue weighted by molar-refractivity contribution is -0.123. The second kappa shape index (κ2) is 11.3. The Bertz CT molecular complexity index is 1130. The average Bonchev–Trinajstić information content (AvgIpc) is 2.78. The second-order valence-corrected chi connectivity index (χ2v) is 8.05. The lowest BCUT2D eigenvalue weighted by Gasteiger charge is -2.10. The lowest BCUT2D eigenvalue weighted by Crippen LogP contribution is -2.24. The fraction of sp³-hybridized carbons (Fsp3) is 0.0870. The maximum atomic E-state index is 11.9. The molecular weight excluding hydrogens is 526 g/mol. The van der Waals surface area contributed by atoms with Crippen LogP contribution in [-0.2, 0) is 11.4 Å². The Kier molecular flexibility index (Phi) is 8.21. The summed E-state index contributed by atoms with van der Waals surface area (Å²) in [5, 5.41) is 13.1. The number of ether oxygens (including phenoxy) is 2. The molecule has 0 aliphatic carbocycles. The minimum absolute atomic E-state index is 0.139. The number of rotatable bonds is 8. The van der Waals surface area contributed by atoms with E-state index in [2.05, 4.69) is 48.5 Å². The van der Waals surface area contributed by atoms with E-state index in [-0.39, 0.29) is 19.1 Å². The monoisotopic (exact) mass is 541 g/mol. The van der Waals surface area contributed by atoms with Gasteiger partial charge in [0.25, 0.3) is 5.91 Å². The molecule has 0 aliphatic heterocycles. The highest BCUT2D eigenvalue weighted by Gasteiger charge is 2.06. The molecular formula is C23H17Br2N3O3. The van der Waals surface area contributed by atoms with Crippen LogP contribution in [0.4, 0.5) is 0 Å². The minimum atomic E-state index is -0.366. The van der Waals surface area contributed by atoms with Crippen molar-refractivity contribution in [3.8, 4) is 17.6 Å². The molecule has 1 amide bonds. The molecule has 8 heteroatoms. The summed E-state index contributed by atoms with van der Waals surface area (Å²) in [6.07, 6.45) is 1.52. The number of benzene rings is 3. The van der Waals surface area contributed by atoms with Gasteiger partial charge in [-0.05, 0) is 70.0 Å². The fourth-order valence-electron chi connectivity index (χ4n) is 2.52. The molecule has 0 atom stereocenters. The molecule has 0 unspecified atom stereocenters. The molecule has 6 nitrogen and oxygen atoms in total. The molecule has 3 aromatic carbocycles. The number of nitriles is 1. The first-order chi connectivity index (χ1) is 15.0. The van der Waals surface area contributed by atoms with Crippen LogP contribution in [0.25, 0.3) is 0 Å². The van der Waals surface area contributed by atoms with Gasteiger partial charge in [-0.1, -0.05) is 34.1 Å². The van der Waals surface area contributed by atoms with E-state index < -0.39 is 0 Å². The number of halogens is 2. The third kappa shape index (κ3) is 6.95. The molecule has 31 heavy (non-hydrogen) atoms. The van der Waals surface area contributed by atoms with Gasteiger partial charge >= 0.3 is 0 Å². The van der Waals surface area contributed by atoms with Crippen molar-refractivity contribution in [1.82, 2.24) is 5.43 Å². The molecule has 1 N–H and O–H groups in total. The third-order valence-electron chi connectivity index (χ3n) is 4.06. The third-order valence-corrected chi connectivity index (χ3v) is 5.21. The Labute approximate surface area is 196 Å². The smallest absolute Gasteiger partial charge is 0.277 e. The van der Waals surface area contributed by atoms with Crippen LogP contribution in [0, 0.1) is 11.3 Å². The zero-order valence-electron chi connectivity index (χ0n) is 16.2. The van der Waals surface area contributed by atoms with E-state index in [0.29, 0.717) is 17.1 Å². The van der Waals surface area contributed by atoms with E-state index in [1.54, 1.807) is 24.3 Å². The second-order valence-electron chi connectivity index (χ2n) is 6.28. The summed E-state index contributed by atoms with van der Waals surface area (Å²) in [4.78, 5) is 11.9. The van der Waals surface area contributed by atoms with Crippen LogP contribution in [-0.4, -0.2) is 18.7 Å². The predicted molar refractivity (Wildman–Crippen MR) is 125 cm³/mol. The molecule has 0 spiro atoms. The highest BCUT2D eigenvalue weighted by atomic mass is 79.9. The van der Waals surface area contributed by atoms with Gasteiger partial charge < -0.3 is 9.47 Å². The van der Waals surface area contributed by atoms with E-state index >= 15 is 0 Å². The van der Waals surface area contributed by atoms with Crippen molar-refractivity contribution in [1.29, 1.82) is 5.26 Å². The van der Waals surface area contributed by atoms with Gasteiger partial charge in [0.05, 0.1) is 22.3 Å². The van der Waals surface area contributed by atoms with Crippen LogP contribution < -0.4 is 14.9 Å².